The smallest absolute Gasteiger partial charge is 0.108 e. The van der Waals surface area contributed by atoms with Crippen LogP contribution in [0.25, 0.3) is 0 Å². The van der Waals surface area contributed by atoms with Crippen molar-refractivity contribution in [3.63, 3.8) is 0 Å². The predicted molar refractivity (Wildman–Crippen MR) is 101 cm³/mol. The maximum atomic E-state index is 10.6. The number of hydrogen-bond donors (Lipinski definition) is 1. The number of hydrogen-bond acceptors (Lipinski definition) is 3. The van der Waals surface area contributed by atoms with Crippen molar-refractivity contribution in [3.05, 3.63) is 60.7 Å². The van der Waals surface area contributed by atoms with E-state index in [2.05, 4.69) is 25.0 Å². The Morgan fingerprint density at radius 2 is 1.92 bits per heavy atom. The van der Waals surface area contributed by atoms with Crippen LogP contribution in [0.15, 0.2) is 55.1 Å². The van der Waals surface area contributed by atoms with Gasteiger partial charge in [0.1, 0.15) is 13.2 Å². The fourth-order valence-electron chi connectivity index (χ4n) is 3.21. The molecule has 134 valence electrons. The van der Waals surface area contributed by atoms with E-state index in [0.717, 1.165) is 36.8 Å². The minimum absolute atomic E-state index is 0.0286. The van der Waals surface area contributed by atoms with Crippen LogP contribution in [-0.2, 0) is 16.1 Å². The molecule has 1 N–H and O–H groups in total. The Bertz CT molecular complexity index is 611. The maximum absolute atomic E-state index is 10.6. The molecular weight excluding hydrogens is 312 g/mol. The SMILES string of the molecule is C=C[C@@]1(O)CCCC[C@@H]1C(=C)COCC#CCOCc1ccccc1. The molecule has 0 aliphatic heterocycles. The van der Waals surface area contributed by atoms with E-state index in [4.69, 9.17) is 9.47 Å². The molecule has 2 rings (SSSR count). The van der Waals surface area contributed by atoms with Gasteiger partial charge in [0.2, 0.25) is 0 Å². The van der Waals surface area contributed by atoms with E-state index in [0.29, 0.717) is 26.4 Å². The molecule has 1 aliphatic rings. The van der Waals surface area contributed by atoms with Gasteiger partial charge in [0, 0.05) is 5.92 Å². The van der Waals surface area contributed by atoms with Crippen molar-refractivity contribution in [2.45, 2.75) is 37.9 Å². The van der Waals surface area contributed by atoms with E-state index >= 15 is 0 Å². The van der Waals surface area contributed by atoms with Crippen molar-refractivity contribution < 1.29 is 14.6 Å². The zero-order chi connectivity index (χ0) is 18.0. The molecule has 1 aromatic rings. The summed E-state index contributed by atoms with van der Waals surface area (Å²) in [7, 11) is 0. The highest BCUT2D eigenvalue weighted by Gasteiger charge is 2.37. The molecule has 0 aromatic heterocycles. The van der Waals surface area contributed by atoms with Gasteiger partial charge in [0.25, 0.3) is 0 Å². The zero-order valence-electron chi connectivity index (χ0n) is 14.9. The first-order valence-electron chi connectivity index (χ1n) is 8.84. The van der Waals surface area contributed by atoms with Crippen LogP contribution in [-0.4, -0.2) is 30.5 Å². The molecule has 1 saturated carbocycles. The van der Waals surface area contributed by atoms with Crippen molar-refractivity contribution in [1.29, 1.82) is 0 Å². The molecule has 0 bridgehead atoms. The lowest BCUT2D eigenvalue weighted by Gasteiger charge is -2.38. The first-order chi connectivity index (χ1) is 12.2. The second kappa shape index (κ2) is 10.2. The molecule has 0 heterocycles. The largest absolute Gasteiger partial charge is 0.385 e. The van der Waals surface area contributed by atoms with Crippen molar-refractivity contribution >= 4 is 0 Å². The van der Waals surface area contributed by atoms with Gasteiger partial charge in [-0.3, -0.25) is 0 Å². The van der Waals surface area contributed by atoms with Gasteiger partial charge in [-0.15, -0.1) is 6.58 Å². The number of aliphatic hydroxyl groups is 1. The van der Waals surface area contributed by atoms with Crippen LogP contribution in [0, 0.1) is 17.8 Å². The second-order valence-corrected chi connectivity index (χ2v) is 6.48. The summed E-state index contributed by atoms with van der Waals surface area (Å²) in [6, 6.07) is 10.0. The van der Waals surface area contributed by atoms with Crippen LogP contribution >= 0.6 is 0 Å². The average Bonchev–Trinajstić information content (AvgIpc) is 2.65. The van der Waals surface area contributed by atoms with Gasteiger partial charge in [-0.25, -0.2) is 0 Å². The third kappa shape index (κ3) is 6.17. The van der Waals surface area contributed by atoms with Crippen molar-refractivity contribution in [2.24, 2.45) is 5.92 Å². The Labute approximate surface area is 151 Å². The number of rotatable bonds is 8. The van der Waals surface area contributed by atoms with Crippen LogP contribution in [0.4, 0.5) is 0 Å². The van der Waals surface area contributed by atoms with Crippen LogP contribution in [0.3, 0.4) is 0 Å². The standard InChI is InChI=1S/C22H28O3/c1-3-22(23)14-8-7-13-21(22)19(2)17-24-15-9-10-16-25-18-20-11-5-4-6-12-20/h3-6,11-12,21,23H,1-2,7-8,13-18H2/t21-,22-/m1/s1. The van der Waals surface area contributed by atoms with Crippen LogP contribution in [0.1, 0.15) is 31.2 Å². The van der Waals surface area contributed by atoms with E-state index < -0.39 is 5.60 Å². The molecule has 3 nitrogen and oxygen atoms in total. The quantitative estimate of drug-likeness (QED) is 0.443. The van der Waals surface area contributed by atoms with Gasteiger partial charge in [-0.1, -0.05) is 67.7 Å². The molecule has 3 heteroatoms. The highest BCUT2D eigenvalue weighted by atomic mass is 16.5. The van der Waals surface area contributed by atoms with Gasteiger partial charge in [-0.05, 0) is 24.0 Å². The molecule has 0 amide bonds. The van der Waals surface area contributed by atoms with Gasteiger partial charge in [-0.2, -0.15) is 0 Å². The summed E-state index contributed by atoms with van der Waals surface area (Å²) < 4.78 is 11.1. The molecule has 1 aliphatic carbocycles. The lowest BCUT2D eigenvalue weighted by Crippen LogP contribution is -2.40. The molecule has 0 unspecified atom stereocenters. The topological polar surface area (TPSA) is 38.7 Å². The van der Waals surface area contributed by atoms with E-state index in [-0.39, 0.29) is 5.92 Å². The minimum Gasteiger partial charge on any atom is -0.385 e. The molecule has 25 heavy (non-hydrogen) atoms. The highest BCUT2D eigenvalue weighted by molar-refractivity contribution is 5.16. The summed E-state index contributed by atoms with van der Waals surface area (Å²) in [4.78, 5) is 0. The average molecular weight is 340 g/mol. The number of ether oxygens (including phenoxy) is 2. The molecule has 0 radical (unpaired) electrons. The third-order valence-corrected chi connectivity index (χ3v) is 4.64. The van der Waals surface area contributed by atoms with Gasteiger partial charge < -0.3 is 14.6 Å². The van der Waals surface area contributed by atoms with Gasteiger partial charge >= 0.3 is 0 Å². The summed E-state index contributed by atoms with van der Waals surface area (Å²) in [6.07, 6.45) is 5.48. The summed E-state index contributed by atoms with van der Waals surface area (Å²) >= 11 is 0. The van der Waals surface area contributed by atoms with Gasteiger partial charge in [0.15, 0.2) is 0 Å². The fraction of sp³-hybridized carbons (Fsp3) is 0.455. The number of benzene rings is 1. The monoisotopic (exact) mass is 340 g/mol. The summed E-state index contributed by atoms with van der Waals surface area (Å²) in [5, 5.41) is 10.6. The zero-order valence-corrected chi connectivity index (χ0v) is 14.9. The Kier molecular flexibility index (Phi) is 7.94. The third-order valence-electron chi connectivity index (χ3n) is 4.64. The van der Waals surface area contributed by atoms with E-state index in [1.807, 2.05) is 30.3 Å². The molecule has 1 fully saturated rings. The fourth-order valence-corrected chi connectivity index (χ4v) is 3.21. The van der Waals surface area contributed by atoms with Crippen LogP contribution in [0.5, 0.6) is 0 Å². The van der Waals surface area contributed by atoms with Crippen molar-refractivity contribution in [1.82, 2.24) is 0 Å². The van der Waals surface area contributed by atoms with Gasteiger partial charge in [0.05, 0.1) is 18.8 Å². The van der Waals surface area contributed by atoms with Crippen molar-refractivity contribution in [2.75, 3.05) is 19.8 Å². The van der Waals surface area contributed by atoms with Crippen LogP contribution in [0.2, 0.25) is 0 Å². The van der Waals surface area contributed by atoms with Crippen LogP contribution < -0.4 is 0 Å². The lowest BCUT2D eigenvalue weighted by molar-refractivity contribution is 0.00539. The summed E-state index contributed by atoms with van der Waals surface area (Å²) in [5.41, 5.74) is 1.22. The molecule has 0 spiro atoms. The predicted octanol–water partition coefficient (Wildman–Crippen LogP) is 3.89. The van der Waals surface area contributed by atoms with E-state index in [9.17, 15) is 5.11 Å². The van der Waals surface area contributed by atoms with E-state index in [1.54, 1.807) is 6.08 Å². The van der Waals surface area contributed by atoms with Crippen molar-refractivity contribution in [3.8, 4) is 11.8 Å². The molecule has 1 aromatic carbocycles. The Morgan fingerprint density at radius 1 is 1.20 bits per heavy atom. The van der Waals surface area contributed by atoms with E-state index in [1.165, 1.54) is 0 Å². The normalized spacial score (nSPS) is 22.7. The molecular formula is C22H28O3. The second-order valence-electron chi connectivity index (χ2n) is 6.48. The molecule has 2 atom stereocenters. The first kappa shape index (κ1) is 19.5. The minimum atomic E-state index is -0.838. The summed E-state index contributed by atoms with van der Waals surface area (Å²) in [6.45, 7) is 9.59. The maximum Gasteiger partial charge on any atom is 0.108 e. The lowest BCUT2D eigenvalue weighted by atomic mass is 9.72. The first-order valence-corrected chi connectivity index (χ1v) is 8.84. The Morgan fingerprint density at radius 3 is 2.64 bits per heavy atom. The Hall–Kier alpha value is -1.86. The Balaban J connectivity index is 1.62. The summed E-state index contributed by atoms with van der Waals surface area (Å²) in [5.74, 6) is 5.92. The highest BCUT2D eigenvalue weighted by Crippen LogP contribution is 2.38. The molecule has 0 saturated heterocycles.